The Kier molecular flexibility index (Phi) is 5.87. The first-order valence-electron chi connectivity index (χ1n) is 9.59. The highest BCUT2D eigenvalue weighted by Crippen LogP contribution is 2.32. The Morgan fingerprint density at radius 2 is 1.23 bits per heavy atom. The maximum atomic E-state index is 12.6. The Morgan fingerprint density at radius 1 is 0.700 bits per heavy atom. The Hall–Kier alpha value is -3.50. The zero-order valence-electron chi connectivity index (χ0n) is 16.5. The molecule has 4 aromatic rings. The van der Waals surface area contributed by atoms with Gasteiger partial charge >= 0.3 is 5.97 Å². The fraction of sp³-hybridized carbons (Fsp3) is 0.0385. The van der Waals surface area contributed by atoms with Crippen LogP contribution in [0.4, 0.5) is 0 Å². The maximum absolute atomic E-state index is 12.6. The Bertz CT molecular complexity index is 1100. The zero-order chi connectivity index (χ0) is 20.9. The number of hydrogen-bond donors (Lipinski definition) is 1. The van der Waals surface area contributed by atoms with Gasteiger partial charge in [-0.15, -0.1) is 0 Å². The van der Waals surface area contributed by atoms with E-state index in [0.29, 0.717) is 11.1 Å². The number of phenolic OH excluding ortho intramolecular Hbond substituents is 1. The molecule has 4 rings (SSSR count). The molecule has 148 valence electrons. The Labute approximate surface area is 178 Å². The van der Waals surface area contributed by atoms with E-state index in [1.165, 1.54) is 9.79 Å². The van der Waals surface area contributed by atoms with E-state index in [0.717, 1.165) is 4.90 Å². The smallest absolute Gasteiger partial charge is 0.343 e. The molecule has 3 nitrogen and oxygen atoms in total. The highest BCUT2D eigenvalue weighted by atomic mass is 32.2. The number of aryl methyl sites for hydroxylation is 1. The van der Waals surface area contributed by atoms with Gasteiger partial charge in [-0.25, -0.2) is 4.79 Å². The van der Waals surface area contributed by atoms with Crippen LogP contribution in [-0.4, -0.2) is 11.1 Å². The minimum absolute atomic E-state index is 0.0165. The number of para-hydroxylation sites is 1. The van der Waals surface area contributed by atoms with E-state index in [-0.39, 0.29) is 22.4 Å². The van der Waals surface area contributed by atoms with Gasteiger partial charge < -0.3 is 9.84 Å². The summed E-state index contributed by atoms with van der Waals surface area (Å²) in [6.07, 6.45) is 0. The number of benzene rings is 4. The van der Waals surface area contributed by atoms with Crippen molar-refractivity contribution >= 4 is 16.9 Å². The van der Waals surface area contributed by atoms with Crippen molar-refractivity contribution in [1.29, 1.82) is 0 Å². The lowest BCUT2D eigenvalue weighted by atomic mass is 10.2. The molecule has 4 heteroatoms. The second kappa shape index (κ2) is 8.89. The van der Waals surface area contributed by atoms with E-state index in [9.17, 15) is 9.90 Å². The molecule has 0 aliphatic carbocycles. The van der Waals surface area contributed by atoms with Crippen LogP contribution >= 0.6 is 0 Å². The van der Waals surface area contributed by atoms with Gasteiger partial charge in [-0.1, -0.05) is 48.5 Å². The number of carbonyl (C=O) groups is 1. The van der Waals surface area contributed by atoms with Crippen molar-refractivity contribution in [2.45, 2.75) is 21.6 Å². The molecule has 1 N–H and O–H groups in total. The molecule has 0 radical (unpaired) electrons. The molecule has 0 unspecified atom stereocenters. The van der Waals surface area contributed by atoms with Crippen LogP contribution in [0.1, 0.15) is 15.9 Å². The van der Waals surface area contributed by atoms with Crippen molar-refractivity contribution in [1.82, 2.24) is 0 Å². The van der Waals surface area contributed by atoms with Crippen molar-refractivity contribution < 1.29 is 14.6 Å². The maximum Gasteiger partial charge on any atom is 0.343 e. The number of ether oxygens (including phenoxy) is 1. The Morgan fingerprint density at radius 3 is 1.80 bits per heavy atom. The second-order valence-electron chi connectivity index (χ2n) is 6.77. The third kappa shape index (κ3) is 4.24. The van der Waals surface area contributed by atoms with Crippen LogP contribution in [0.3, 0.4) is 0 Å². The minimum atomic E-state index is -0.498. The molecule has 0 bridgehead atoms. The molecule has 0 aliphatic rings. The van der Waals surface area contributed by atoms with Crippen molar-refractivity contribution in [2.75, 3.05) is 0 Å². The summed E-state index contributed by atoms with van der Waals surface area (Å²) in [4.78, 5) is 16.1. The van der Waals surface area contributed by atoms with Gasteiger partial charge in [0, 0.05) is 0 Å². The molecular weight excluding hydrogens is 392 g/mol. The summed E-state index contributed by atoms with van der Waals surface area (Å²) in [7, 11) is -0.273. The van der Waals surface area contributed by atoms with Crippen molar-refractivity contribution in [3.63, 3.8) is 0 Å². The first-order valence-corrected chi connectivity index (χ1v) is 10.8. The van der Waals surface area contributed by atoms with Crippen LogP contribution in [0.5, 0.6) is 11.5 Å². The fourth-order valence-electron chi connectivity index (χ4n) is 3.12. The van der Waals surface area contributed by atoms with E-state index >= 15 is 0 Å². The highest BCUT2D eigenvalue weighted by molar-refractivity contribution is 7.97. The first kappa shape index (κ1) is 19.8. The lowest BCUT2D eigenvalue weighted by Gasteiger charge is -2.10. The number of hydrogen-bond acceptors (Lipinski definition) is 3. The number of aromatic hydroxyl groups is 1. The standard InChI is InChI=1S/C26H20O3S/c1-19-9-8-14-24(25(19)27)29-26(28)20-15-17-23(18-16-20)30(21-10-4-2-5-11-21)22-12-6-3-7-13-22/h2-18H,1H3/p+1. The predicted molar refractivity (Wildman–Crippen MR) is 119 cm³/mol. The molecule has 0 heterocycles. The number of rotatable bonds is 5. The van der Waals surface area contributed by atoms with Crippen molar-refractivity contribution in [2.24, 2.45) is 0 Å². The number of esters is 1. The second-order valence-corrected chi connectivity index (χ2v) is 8.79. The van der Waals surface area contributed by atoms with Crippen LogP contribution in [0.15, 0.2) is 118 Å². The summed E-state index contributed by atoms with van der Waals surface area (Å²) in [5, 5.41) is 10.1. The lowest BCUT2D eigenvalue weighted by Crippen LogP contribution is -2.10. The molecular formula is C26H21O3S+. The number of phenols is 1. The molecule has 0 saturated carbocycles. The minimum Gasteiger partial charge on any atom is -0.504 e. The molecule has 0 aliphatic heterocycles. The normalized spacial score (nSPS) is 10.7. The van der Waals surface area contributed by atoms with Crippen molar-refractivity contribution in [3.05, 3.63) is 114 Å². The largest absolute Gasteiger partial charge is 0.504 e. The molecule has 4 aromatic carbocycles. The Balaban J connectivity index is 1.62. The van der Waals surface area contributed by atoms with E-state index in [4.69, 9.17) is 4.74 Å². The molecule has 30 heavy (non-hydrogen) atoms. The van der Waals surface area contributed by atoms with Gasteiger partial charge in [0.25, 0.3) is 0 Å². The van der Waals surface area contributed by atoms with Crippen LogP contribution in [0.2, 0.25) is 0 Å². The molecule has 0 aromatic heterocycles. The average molecular weight is 414 g/mol. The third-order valence-electron chi connectivity index (χ3n) is 4.69. The first-order chi connectivity index (χ1) is 14.6. The van der Waals surface area contributed by atoms with Gasteiger partial charge in [0.2, 0.25) is 0 Å². The summed E-state index contributed by atoms with van der Waals surface area (Å²) in [5.74, 6) is -0.351. The van der Waals surface area contributed by atoms with Crippen molar-refractivity contribution in [3.8, 4) is 11.5 Å². The van der Waals surface area contributed by atoms with E-state index in [1.807, 2.05) is 48.5 Å². The summed E-state index contributed by atoms with van der Waals surface area (Å²) >= 11 is 0. The highest BCUT2D eigenvalue weighted by Gasteiger charge is 2.28. The van der Waals surface area contributed by atoms with E-state index in [2.05, 4.69) is 24.3 Å². The number of carbonyl (C=O) groups excluding carboxylic acids is 1. The van der Waals surface area contributed by atoms with E-state index in [1.54, 1.807) is 37.3 Å². The lowest BCUT2D eigenvalue weighted by molar-refractivity contribution is 0.0729. The molecule has 0 saturated heterocycles. The van der Waals surface area contributed by atoms with Gasteiger partial charge in [0.05, 0.1) is 16.5 Å². The van der Waals surface area contributed by atoms with Gasteiger partial charge in [-0.05, 0) is 67.1 Å². The predicted octanol–water partition coefficient (Wildman–Crippen LogP) is 6.02. The zero-order valence-corrected chi connectivity index (χ0v) is 17.3. The quantitative estimate of drug-likeness (QED) is 0.247. The van der Waals surface area contributed by atoms with Crippen LogP contribution in [0.25, 0.3) is 0 Å². The van der Waals surface area contributed by atoms with Gasteiger partial charge in [0.15, 0.2) is 26.2 Å². The van der Waals surface area contributed by atoms with Crippen LogP contribution in [0, 0.1) is 6.92 Å². The third-order valence-corrected chi connectivity index (χ3v) is 6.92. The van der Waals surface area contributed by atoms with Crippen LogP contribution < -0.4 is 4.74 Å². The average Bonchev–Trinajstić information content (AvgIpc) is 2.79. The molecule has 0 fully saturated rings. The summed E-state index contributed by atoms with van der Waals surface area (Å²) in [6, 6.07) is 33.2. The summed E-state index contributed by atoms with van der Waals surface area (Å²) < 4.78 is 5.40. The monoisotopic (exact) mass is 413 g/mol. The molecule has 0 amide bonds. The van der Waals surface area contributed by atoms with Gasteiger partial charge in [0.1, 0.15) is 0 Å². The molecule has 0 atom stereocenters. The topological polar surface area (TPSA) is 46.5 Å². The van der Waals surface area contributed by atoms with Crippen LogP contribution in [-0.2, 0) is 10.9 Å². The van der Waals surface area contributed by atoms with Gasteiger partial charge in [-0.2, -0.15) is 0 Å². The molecule has 0 spiro atoms. The summed E-state index contributed by atoms with van der Waals surface area (Å²) in [5.41, 5.74) is 1.09. The summed E-state index contributed by atoms with van der Waals surface area (Å²) in [6.45, 7) is 1.76. The SMILES string of the molecule is Cc1cccc(OC(=O)c2ccc([S+](c3ccccc3)c3ccccc3)cc2)c1O. The van der Waals surface area contributed by atoms with E-state index < -0.39 is 5.97 Å². The van der Waals surface area contributed by atoms with Gasteiger partial charge in [-0.3, -0.25) is 0 Å². The fourth-order valence-corrected chi connectivity index (χ4v) is 5.21.